The Morgan fingerprint density at radius 2 is 2.17 bits per heavy atom. The predicted octanol–water partition coefficient (Wildman–Crippen LogP) is 2.79. The van der Waals surface area contributed by atoms with E-state index in [2.05, 4.69) is 20.6 Å². The first kappa shape index (κ1) is 12.1. The summed E-state index contributed by atoms with van der Waals surface area (Å²) >= 11 is 6.06. The Hall–Kier alpha value is -2.32. The molecule has 0 radical (unpaired) electrons. The van der Waals surface area contributed by atoms with E-state index in [0.29, 0.717) is 28.0 Å². The van der Waals surface area contributed by atoms with Crippen LogP contribution in [0.5, 0.6) is 0 Å². The zero-order valence-electron chi connectivity index (χ0n) is 9.61. The average Bonchev–Trinajstić information content (AvgIpc) is 2.41. The van der Waals surface area contributed by atoms with Gasteiger partial charge in [-0.05, 0) is 24.3 Å². The van der Waals surface area contributed by atoms with E-state index < -0.39 is 0 Å². The molecule has 0 saturated carbocycles. The molecule has 0 fully saturated rings. The third-order valence-corrected chi connectivity index (χ3v) is 2.55. The lowest BCUT2D eigenvalue weighted by atomic mass is 10.2. The van der Waals surface area contributed by atoms with Crippen molar-refractivity contribution >= 4 is 29.1 Å². The third-order valence-electron chi connectivity index (χ3n) is 2.24. The molecule has 0 bridgehead atoms. The molecule has 0 amide bonds. The van der Waals surface area contributed by atoms with Crippen LogP contribution in [0.15, 0.2) is 30.5 Å². The van der Waals surface area contributed by atoms with Gasteiger partial charge in [-0.15, -0.1) is 0 Å². The van der Waals surface area contributed by atoms with Crippen molar-refractivity contribution in [3.8, 4) is 6.07 Å². The summed E-state index contributed by atoms with van der Waals surface area (Å²) in [6, 6.07) is 8.79. The van der Waals surface area contributed by atoms with Crippen LogP contribution in [0.1, 0.15) is 5.56 Å². The van der Waals surface area contributed by atoms with E-state index in [-0.39, 0.29) is 0 Å². The van der Waals surface area contributed by atoms with E-state index in [0.717, 1.165) is 0 Å². The first-order valence-electron chi connectivity index (χ1n) is 5.20. The van der Waals surface area contributed by atoms with Crippen LogP contribution in [0.3, 0.4) is 0 Å². The van der Waals surface area contributed by atoms with Crippen LogP contribution in [-0.2, 0) is 0 Å². The maximum Gasteiger partial charge on any atom is 0.224 e. The number of rotatable bonds is 3. The van der Waals surface area contributed by atoms with Crippen molar-refractivity contribution in [3.63, 3.8) is 0 Å². The summed E-state index contributed by atoms with van der Waals surface area (Å²) in [6.07, 6.45) is 1.64. The van der Waals surface area contributed by atoms with Crippen LogP contribution >= 0.6 is 11.6 Å². The Morgan fingerprint density at radius 3 is 2.83 bits per heavy atom. The minimum absolute atomic E-state index is 0.471. The van der Waals surface area contributed by atoms with Crippen LogP contribution < -0.4 is 10.6 Å². The second-order valence-corrected chi connectivity index (χ2v) is 3.85. The molecular formula is C12H10ClN5. The van der Waals surface area contributed by atoms with Crippen LogP contribution in [0.2, 0.25) is 5.02 Å². The predicted molar refractivity (Wildman–Crippen MR) is 71.0 cm³/mol. The van der Waals surface area contributed by atoms with E-state index in [1.807, 2.05) is 6.07 Å². The molecule has 2 N–H and O–H groups in total. The van der Waals surface area contributed by atoms with Gasteiger partial charge in [-0.3, -0.25) is 0 Å². The van der Waals surface area contributed by atoms with Crippen LogP contribution in [0.25, 0.3) is 0 Å². The molecule has 0 aliphatic heterocycles. The van der Waals surface area contributed by atoms with Crippen molar-refractivity contribution in [3.05, 3.63) is 41.0 Å². The molecule has 0 atom stereocenters. The quantitative estimate of drug-likeness (QED) is 0.887. The highest BCUT2D eigenvalue weighted by molar-refractivity contribution is 6.33. The molecular weight excluding hydrogens is 250 g/mol. The summed E-state index contributed by atoms with van der Waals surface area (Å²) in [4.78, 5) is 8.22. The SMILES string of the molecule is CNc1nccc(Nc2ccc(C#N)cc2Cl)n1. The number of anilines is 3. The maximum absolute atomic E-state index is 8.75. The van der Waals surface area contributed by atoms with Crippen molar-refractivity contribution in [2.75, 3.05) is 17.7 Å². The highest BCUT2D eigenvalue weighted by Gasteiger charge is 2.03. The highest BCUT2D eigenvalue weighted by atomic mass is 35.5. The molecule has 6 heteroatoms. The number of halogens is 1. The number of hydrogen-bond donors (Lipinski definition) is 2. The first-order chi connectivity index (χ1) is 8.72. The summed E-state index contributed by atoms with van der Waals surface area (Å²) < 4.78 is 0. The number of aromatic nitrogens is 2. The molecule has 1 heterocycles. The molecule has 0 saturated heterocycles. The van der Waals surface area contributed by atoms with Crippen LogP contribution in [0.4, 0.5) is 17.5 Å². The Morgan fingerprint density at radius 1 is 1.33 bits per heavy atom. The number of nitrogens with zero attached hydrogens (tertiary/aromatic N) is 3. The minimum atomic E-state index is 0.471. The van der Waals surface area contributed by atoms with Gasteiger partial charge in [0, 0.05) is 13.2 Å². The highest BCUT2D eigenvalue weighted by Crippen LogP contribution is 2.25. The van der Waals surface area contributed by atoms with Crippen molar-refractivity contribution in [2.45, 2.75) is 0 Å². The summed E-state index contributed by atoms with van der Waals surface area (Å²) in [5, 5.41) is 15.1. The monoisotopic (exact) mass is 259 g/mol. The van der Waals surface area contributed by atoms with Gasteiger partial charge in [0.25, 0.3) is 0 Å². The van der Waals surface area contributed by atoms with Gasteiger partial charge in [-0.1, -0.05) is 11.6 Å². The number of hydrogen-bond acceptors (Lipinski definition) is 5. The van der Waals surface area contributed by atoms with Crippen molar-refractivity contribution in [1.29, 1.82) is 5.26 Å². The average molecular weight is 260 g/mol. The molecule has 0 unspecified atom stereocenters. The Kier molecular flexibility index (Phi) is 3.60. The van der Waals surface area contributed by atoms with Gasteiger partial charge in [-0.2, -0.15) is 10.2 Å². The van der Waals surface area contributed by atoms with Gasteiger partial charge >= 0.3 is 0 Å². The molecule has 2 aromatic rings. The largest absolute Gasteiger partial charge is 0.357 e. The normalized spacial score (nSPS) is 9.61. The van der Waals surface area contributed by atoms with Gasteiger partial charge < -0.3 is 10.6 Å². The molecule has 2 rings (SSSR count). The molecule has 1 aromatic heterocycles. The second kappa shape index (κ2) is 5.34. The summed E-state index contributed by atoms with van der Waals surface area (Å²) in [5.41, 5.74) is 1.21. The van der Waals surface area contributed by atoms with Crippen LogP contribution in [0, 0.1) is 11.3 Å². The molecule has 18 heavy (non-hydrogen) atoms. The number of nitrogens with one attached hydrogen (secondary N) is 2. The molecule has 5 nitrogen and oxygen atoms in total. The fourth-order valence-electron chi connectivity index (χ4n) is 1.37. The van der Waals surface area contributed by atoms with Gasteiger partial charge in [-0.25, -0.2) is 4.98 Å². The van der Waals surface area contributed by atoms with Gasteiger partial charge in [0.15, 0.2) is 0 Å². The standard InChI is InChI=1S/C12H10ClN5/c1-15-12-16-5-4-11(18-12)17-10-3-2-8(7-14)6-9(10)13/h2-6H,1H3,(H2,15,16,17,18). The molecule has 0 spiro atoms. The number of nitriles is 1. The van der Waals surface area contributed by atoms with E-state index in [1.54, 1.807) is 37.5 Å². The van der Waals surface area contributed by atoms with E-state index >= 15 is 0 Å². The number of benzene rings is 1. The zero-order valence-corrected chi connectivity index (χ0v) is 10.4. The fraction of sp³-hybridized carbons (Fsp3) is 0.0833. The van der Waals surface area contributed by atoms with Crippen molar-refractivity contribution in [1.82, 2.24) is 9.97 Å². The zero-order chi connectivity index (χ0) is 13.0. The molecule has 0 aliphatic rings. The van der Waals surface area contributed by atoms with Gasteiger partial charge in [0.05, 0.1) is 22.3 Å². The molecule has 90 valence electrons. The fourth-order valence-corrected chi connectivity index (χ4v) is 1.60. The third kappa shape index (κ3) is 2.67. The van der Waals surface area contributed by atoms with E-state index in [1.165, 1.54) is 0 Å². The molecule has 1 aromatic carbocycles. The lowest BCUT2D eigenvalue weighted by molar-refractivity contribution is 1.15. The summed E-state index contributed by atoms with van der Waals surface area (Å²) in [6.45, 7) is 0. The van der Waals surface area contributed by atoms with Crippen molar-refractivity contribution < 1.29 is 0 Å². The Balaban J connectivity index is 2.26. The van der Waals surface area contributed by atoms with Crippen LogP contribution in [-0.4, -0.2) is 17.0 Å². The van der Waals surface area contributed by atoms with Gasteiger partial charge in [0.2, 0.25) is 5.95 Å². The second-order valence-electron chi connectivity index (χ2n) is 3.45. The lowest BCUT2D eigenvalue weighted by Gasteiger charge is -2.08. The van der Waals surface area contributed by atoms with Gasteiger partial charge in [0.1, 0.15) is 5.82 Å². The first-order valence-corrected chi connectivity index (χ1v) is 5.58. The lowest BCUT2D eigenvalue weighted by Crippen LogP contribution is -2.00. The molecule has 0 aliphatic carbocycles. The smallest absolute Gasteiger partial charge is 0.224 e. The minimum Gasteiger partial charge on any atom is -0.357 e. The Labute approximate surface area is 109 Å². The topological polar surface area (TPSA) is 73.6 Å². The Bertz CT molecular complexity index is 606. The van der Waals surface area contributed by atoms with Crippen molar-refractivity contribution in [2.24, 2.45) is 0 Å². The maximum atomic E-state index is 8.75. The van der Waals surface area contributed by atoms with E-state index in [9.17, 15) is 0 Å². The summed E-state index contributed by atoms with van der Waals surface area (Å²) in [7, 11) is 1.74. The summed E-state index contributed by atoms with van der Waals surface area (Å²) in [5.74, 6) is 1.14. The van der Waals surface area contributed by atoms with E-state index in [4.69, 9.17) is 16.9 Å².